The minimum absolute atomic E-state index is 0.0375. The number of ether oxygens (including phenoxy) is 11. The smallest absolute Gasteiger partial charge is 0.338 e. The van der Waals surface area contributed by atoms with E-state index in [-0.39, 0.29) is 125 Å². The molecule has 0 radical (unpaired) electrons. The summed E-state index contributed by atoms with van der Waals surface area (Å²) in [5, 5.41) is 42.6. The second kappa shape index (κ2) is 71.9. The summed E-state index contributed by atoms with van der Waals surface area (Å²) in [7, 11) is 10.4. The zero-order chi connectivity index (χ0) is 108. The molecular weight excluding hydrogens is 1930 g/mol. The monoisotopic (exact) mass is 2060 g/mol. The van der Waals surface area contributed by atoms with Crippen LogP contribution in [-0.4, -0.2) is 225 Å². The average Bonchev–Trinajstić information content (AvgIpc) is 1.64. The summed E-state index contributed by atoms with van der Waals surface area (Å²) in [5.41, 5.74) is 19.8. The van der Waals surface area contributed by atoms with Crippen LogP contribution in [0.2, 0.25) is 0 Å². The van der Waals surface area contributed by atoms with Crippen LogP contribution in [0.1, 0.15) is 219 Å². The van der Waals surface area contributed by atoms with Gasteiger partial charge in [-0.15, -0.1) is 11.3 Å². The summed E-state index contributed by atoms with van der Waals surface area (Å²) >= 11 is 4.77. The zero-order valence-corrected chi connectivity index (χ0v) is 87.6. The molecule has 9 rings (SSSR count). The first-order chi connectivity index (χ1) is 67.8. The molecule has 0 unspecified atom stereocenters. The minimum atomic E-state index is -1.15. The van der Waals surface area contributed by atoms with E-state index >= 15 is 0 Å². The molecule has 0 fully saturated rings. The molecule has 0 saturated heterocycles. The Morgan fingerprint density at radius 3 is 1.01 bits per heavy atom. The van der Waals surface area contributed by atoms with Crippen molar-refractivity contribution < 1.29 is 125 Å². The summed E-state index contributed by atoms with van der Waals surface area (Å²) in [5.74, 6) is 4.14. The molecule has 142 heavy (non-hydrogen) atoms. The van der Waals surface area contributed by atoms with Gasteiger partial charge in [0.25, 0.3) is 0 Å². The van der Waals surface area contributed by atoms with Gasteiger partial charge in [0.2, 0.25) is 5.91 Å². The third kappa shape index (κ3) is 43.9. The Kier molecular flexibility index (Phi) is 64.5. The summed E-state index contributed by atoms with van der Waals surface area (Å²) < 4.78 is 56.4. The number of hydrogen-bond acceptors (Lipinski definition) is 34. The SMILES string of the molecule is CC(=O)c1csc2ccccc12.CCBr.CCC(=O)CN.CCN(CC)c1ccc(C(=O)CCC(=O)NN)cc1OC.CCN(CC)c1ccc(C(=O)O)cc1OC.CCOC(=O)CCC(=O)c1ccc(N(CC)CC)c(OC)c1.CCOC(=O)c1ccc(N(CC)CC)c(OC)c1.CCOC(=O)c1ccc(N)c(OC)c1.CCOC(=O)c1ccc([N+](=O)[O-])c(OC)c1.COc1cc(C(=O)O)ccc1[N+](=O)[O-]. The number of nitrogens with one attached hydrogen (secondary N) is 1. The fourth-order valence-electron chi connectivity index (χ4n) is 12.4. The number of esters is 4. The van der Waals surface area contributed by atoms with Crippen LogP contribution in [0.4, 0.5) is 39.8 Å². The lowest BCUT2D eigenvalue weighted by molar-refractivity contribution is -0.385. The standard InChI is InChI=1S/C17H25NO4.C15H23N3O3.C14H21NO3.C12H17NO3.C10H11NO5.C10H13NO3.C10H8OS.C8H7NO5.C4H9NO.C2H5Br/c1-5-18(6-2)14-9-8-13(12-16(14)21-4)15(19)10-11-17(20)22-7-3;1-4-18(5-2)12-7-6-11(10-14(12)21-3)13(19)8-9-15(20)17-16;1-5-15(6-2)12-9-8-11(10-13(12)17-4)14(16)18-7-3;1-4-13(5-2)10-7-6-9(12(14)15)8-11(10)16-3;1-3-16-10(12)7-4-5-8(11(13)14)9(6-7)15-2;1-3-14-10(12)7-4-5-8(11)9(6-7)13-2;1-7(11)9-6-12-10-5-3-2-4-8(9)10;1-14-7-4-5(8(10)11)2-3-6(7)9(12)13;1-2-4(6)3-5;1-2-3/h8-9,12H,5-7,10-11H2,1-4H3;6-7,10H,4-5,8-9,16H2,1-3H3,(H,17,20);8-10H,5-7H2,1-4H3;6-8H,4-5H2,1-3H3,(H,14,15);4-6H,3H2,1-2H3;4-6H,3,11H2,1-2H3;2-6H,1H3;2-4H,1H3,(H,10,11);2-3,5H2,1H3;2H2,1H3. The van der Waals surface area contributed by atoms with Crippen LogP contribution in [0.15, 0.2) is 157 Å². The van der Waals surface area contributed by atoms with E-state index in [1.54, 1.807) is 154 Å². The highest BCUT2D eigenvalue weighted by Gasteiger charge is 2.23. The topological polar surface area (TPSA) is 519 Å². The summed E-state index contributed by atoms with van der Waals surface area (Å²) in [6, 6.07) is 41.1. The third-order valence-corrected chi connectivity index (χ3v) is 20.8. The van der Waals surface area contributed by atoms with Crippen LogP contribution in [-0.2, 0) is 33.3 Å². The molecule has 0 aliphatic rings. The zero-order valence-electron chi connectivity index (χ0n) is 85.2. The number of nitrogen functional groups attached to an aromatic ring is 1. The number of hydrogen-bond donors (Lipinski definition) is 6. The number of nitro groups is 2. The molecule has 0 atom stereocenters. The van der Waals surface area contributed by atoms with E-state index in [0.717, 1.165) is 110 Å². The summed E-state index contributed by atoms with van der Waals surface area (Å²) in [6.45, 7) is 37.4. The first-order valence-corrected chi connectivity index (χ1v) is 47.5. The minimum Gasteiger partial charge on any atom is -0.495 e. The Bertz CT molecular complexity index is 5460. The molecule has 1 amide bonds. The number of thiophene rings is 1. The number of carboxylic acid groups (broad SMARTS) is 2. The van der Waals surface area contributed by atoms with Gasteiger partial charge < -0.3 is 93.4 Å². The van der Waals surface area contributed by atoms with E-state index in [2.05, 4.69) is 77.1 Å². The number of halogens is 1. The quantitative estimate of drug-likeness (QED) is 0.00238. The second-order valence-corrected chi connectivity index (χ2v) is 30.6. The number of rotatable bonds is 41. The van der Waals surface area contributed by atoms with Crippen molar-refractivity contribution in [3.63, 3.8) is 0 Å². The molecule has 1 heterocycles. The van der Waals surface area contributed by atoms with Gasteiger partial charge >= 0.3 is 47.2 Å². The van der Waals surface area contributed by atoms with Crippen molar-refractivity contribution in [3.05, 3.63) is 222 Å². The highest BCUT2D eigenvalue weighted by Crippen LogP contribution is 2.36. The van der Waals surface area contributed by atoms with Crippen molar-refractivity contribution in [2.24, 2.45) is 11.6 Å². The number of nitrogens with two attached hydrogens (primary N) is 3. The predicted molar refractivity (Wildman–Crippen MR) is 556 cm³/mol. The number of alkyl halides is 1. The fourth-order valence-corrected chi connectivity index (χ4v) is 13.4. The Balaban J connectivity index is 0.00000159. The normalized spacial score (nSPS) is 9.78. The Labute approximate surface area is 843 Å². The van der Waals surface area contributed by atoms with Crippen molar-refractivity contribution in [1.82, 2.24) is 5.43 Å². The van der Waals surface area contributed by atoms with E-state index in [4.69, 9.17) is 79.6 Å². The van der Waals surface area contributed by atoms with Crippen LogP contribution in [0.5, 0.6) is 40.2 Å². The van der Waals surface area contributed by atoms with E-state index < -0.39 is 27.8 Å². The van der Waals surface area contributed by atoms with Gasteiger partial charge in [0, 0.05) is 140 Å². The maximum absolute atomic E-state index is 12.2. The van der Waals surface area contributed by atoms with E-state index in [0.29, 0.717) is 82.9 Å². The summed E-state index contributed by atoms with van der Waals surface area (Å²) in [4.78, 5) is 152. The van der Waals surface area contributed by atoms with E-state index in [1.807, 2.05) is 74.0 Å². The maximum Gasteiger partial charge on any atom is 0.338 e. The molecule has 38 nitrogen and oxygen atoms in total. The van der Waals surface area contributed by atoms with Crippen molar-refractivity contribution in [3.8, 4) is 40.2 Å². The second-order valence-electron chi connectivity index (χ2n) is 28.5. The highest BCUT2D eigenvalue weighted by molar-refractivity contribution is 9.09. The predicted octanol–water partition coefficient (Wildman–Crippen LogP) is 18.5. The molecule has 1 aromatic heterocycles. The number of ketones is 4. The molecule has 40 heteroatoms. The number of nitro benzene ring substituents is 2. The molecular formula is C102H139BrN10O28S. The van der Waals surface area contributed by atoms with Gasteiger partial charge in [-0.25, -0.2) is 29.8 Å². The van der Waals surface area contributed by atoms with Crippen molar-refractivity contribution in [1.29, 1.82) is 0 Å². The first-order valence-electron chi connectivity index (χ1n) is 45.5. The number of aromatic carboxylic acids is 2. The van der Waals surface area contributed by atoms with Crippen LogP contribution < -0.4 is 75.5 Å². The lowest BCUT2D eigenvalue weighted by Gasteiger charge is -2.23. The maximum atomic E-state index is 12.2. The van der Waals surface area contributed by atoms with Crippen LogP contribution >= 0.6 is 27.3 Å². The van der Waals surface area contributed by atoms with Gasteiger partial charge in [-0.2, -0.15) is 0 Å². The third-order valence-electron chi connectivity index (χ3n) is 19.9. The van der Waals surface area contributed by atoms with Crippen LogP contribution in [0.25, 0.3) is 10.1 Å². The molecule has 0 spiro atoms. The summed E-state index contributed by atoms with van der Waals surface area (Å²) in [6.07, 6.45) is 1.02. The van der Waals surface area contributed by atoms with Crippen LogP contribution in [0, 0.1) is 20.2 Å². The van der Waals surface area contributed by atoms with Gasteiger partial charge in [0.15, 0.2) is 28.8 Å². The van der Waals surface area contributed by atoms with Gasteiger partial charge in [-0.3, -0.25) is 54.4 Å². The number of carboxylic acids is 2. The average molecular weight is 2070 g/mol. The van der Waals surface area contributed by atoms with E-state index in [9.17, 15) is 73.0 Å². The molecule has 778 valence electrons. The number of fused-ring (bicyclic) bond motifs is 1. The Hall–Kier alpha value is -14.5. The molecule has 0 aliphatic carbocycles. The Morgan fingerprint density at radius 1 is 0.401 bits per heavy atom. The number of hydrazine groups is 1. The number of anilines is 5. The largest absolute Gasteiger partial charge is 0.495 e. The lowest BCUT2D eigenvalue weighted by Crippen LogP contribution is -2.30. The van der Waals surface area contributed by atoms with Gasteiger partial charge in [-0.05, 0) is 199 Å². The number of methoxy groups -OCH3 is 7. The van der Waals surface area contributed by atoms with Crippen molar-refractivity contribution in [2.45, 2.75) is 136 Å². The number of benzene rings is 8. The first kappa shape index (κ1) is 127. The molecule has 0 saturated carbocycles. The molecule has 0 bridgehead atoms. The number of amides is 1. The molecule has 9 N–H and O–H groups in total. The van der Waals surface area contributed by atoms with Gasteiger partial charge in [0.05, 0.1) is 155 Å². The number of nitrogens with zero attached hydrogens (tertiary/aromatic N) is 6. The molecule has 8 aromatic carbocycles. The molecule has 9 aromatic rings. The van der Waals surface area contributed by atoms with Gasteiger partial charge in [0.1, 0.15) is 34.5 Å². The number of Topliss-reactive ketones (excluding diaryl/α,β-unsaturated/α-hetero) is 4. The van der Waals surface area contributed by atoms with Crippen LogP contribution in [0.3, 0.4) is 0 Å². The van der Waals surface area contributed by atoms with E-state index in [1.165, 1.54) is 44.2 Å². The van der Waals surface area contributed by atoms with Crippen molar-refractivity contribution >= 4 is 142 Å². The lowest BCUT2D eigenvalue weighted by atomic mass is 10.0. The number of carbonyl (C=O) groups excluding carboxylic acids is 9. The molecule has 0 aliphatic heterocycles. The highest BCUT2D eigenvalue weighted by atomic mass is 79.9. The fraction of sp³-hybridized carbons (Fsp3) is 0.402. The number of carbonyl (C=O) groups is 11. The van der Waals surface area contributed by atoms with Crippen molar-refractivity contribution in [2.75, 3.05) is 166 Å². The Morgan fingerprint density at radius 2 is 0.697 bits per heavy atom. The van der Waals surface area contributed by atoms with Gasteiger partial charge in [-0.1, -0.05) is 48.0 Å².